The van der Waals surface area contributed by atoms with Crippen LogP contribution in [0.15, 0.2) is 10.6 Å². The Morgan fingerprint density at radius 1 is 1.16 bits per heavy atom. The molecule has 4 aliphatic heterocycles. The quantitative estimate of drug-likeness (QED) is 0.316. The Morgan fingerprint density at radius 2 is 1.81 bits per heavy atom. The third kappa shape index (κ3) is 5.05. The smallest absolute Gasteiger partial charge is 0.353 e. The predicted octanol–water partition coefficient (Wildman–Crippen LogP) is 0.316. The average molecular weight is 545 g/mol. The highest BCUT2D eigenvalue weighted by atomic mass is 32.2. The fourth-order valence-corrected chi connectivity index (χ4v) is 7.28. The Hall–Kier alpha value is -2.74. The second-order valence-corrected chi connectivity index (χ2v) is 11.3. The highest BCUT2D eigenvalue weighted by Gasteiger charge is 2.60. The number of β-lactam (4-membered cyclic amide) rings is 1. The fraction of sp³-hybridized carbons (Fsp3) is 0.696. The van der Waals surface area contributed by atoms with Gasteiger partial charge in [0.25, 0.3) is 5.91 Å². The lowest BCUT2D eigenvalue weighted by Gasteiger charge is -2.47. The van der Waals surface area contributed by atoms with Crippen molar-refractivity contribution in [2.75, 3.05) is 19.6 Å². The number of likely N-dealkylation sites (tertiary alicyclic amines) is 1. The summed E-state index contributed by atoms with van der Waals surface area (Å²) < 4.78 is 25.4. The van der Waals surface area contributed by atoms with E-state index in [9.17, 15) is 37.9 Å². The first-order valence-corrected chi connectivity index (χ1v) is 13.1. The molecule has 6 atom stereocenters. The summed E-state index contributed by atoms with van der Waals surface area (Å²) in [6.07, 6.45) is -1.97. The predicted molar refractivity (Wildman–Crippen MR) is 126 cm³/mol. The molecule has 3 amide bonds. The summed E-state index contributed by atoms with van der Waals surface area (Å²) in [7, 11) is 0. The number of alkyl halides is 2. The van der Waals surface area contributed by atoms with Crippen molar-refractivity contribution in [3.05, 3.63) is 10.6 Å². The van der Waals surface area contributed by atoms with Gasteiger partial charge in [0, 0.05) is 41.7 Å². The van der Waals surface area contributed by atoms with Crippen LogP contribution in [0.4, 0.5) is 8.78 Å². The lowest BCUT2D eigenvalue weighted by atomic mass is 9.78. The fourth-order valence-electron chi connectivity index (χ4n) is 5.80. The number of halogens is 2. The van der Waals surface area contributed by atoms with Gasteiger partial charge in [0.2, 0.25) is 11.8 Å². The van der Waals surface area contributed by atoms with Gasteiger partial charge in [-0.25, -0.2) is 4.79 Å². The molecular weight excluding hydrogens is 514 g/mol. The van der Waals surface area contributed by atoms with E-state index in [-0.39, 0.29) is 16.9 Å². The number of carbonyl (C=O) groups is 5. The van der Waals surface area contributed by atoms with Gasteiger partial charge < -0.3 is 30.6 Å². The van der Waals surface area contributed by atoms with Crippen LogP contribution in [-0.4, -0.2) is 99.1 Å². The van der Waals surface area contributed by atoms with E-state index < -0.39 is 66.1 Å². The molecule has 204 valence electrons. The molecule has 3 saturated heterocycles. The van der Waals surface area contributed by atoms with Crippen LogP contribution < -0.4 is 10.6 Å². The van der Waals surface area contributed by atoms with Gasteiger partial charge in [0.15, 0.2) is 0 Å². The van der Waals surface area contributed by atoms with Gasteiger partial charge >= 0.3 is 18.4 Å². The first-order valence-electron chi connectivity index (χ1n) is 12.2. The summed E-state index contributed by atoms with van der Waals surface area (Å²) in [4.78, 5) is 63.8. The zero-order valence-electron chi connectivity index (χ0n) is 20.4. The zero-order valence-corrected chi connectivity index (χ0v) is 21.2. The number of piperidine rings is 1. The molecule has 0 aromatic rings. The first-order chi connectivity index (χ1) is 17.4. The highest BCUT2D eigenvalue weighted by Crippen LogP contribution is 2.51. The molecule has 0 saturated carbocycles. The Balaban J connectivity index is 1.40. The number of nitrogens with one attached hydrogen (secondary N) is 2. The number of aliphatic carboxylic acids is 2. The molecule has 0 aliphatic carbocycles. The average Bonchev–Trinajstić information content (AvgIpc) is 3.40. The molecule has 0 aromatic carbocycles. The Bertz CT molecular complexity index is 1030. The second-order valence-electron chi connectivity index (χ2n) is 10.0. The summed E-state index contributed by atoms with van der Waals surface area (Å²) in [5, 5.41) is 24.2. The third-order valence-corrected chi connectivity index (χ3v) is 9.25. The minimum absolute atomic E-state index is 0.110. The summed E-state index contributed by atoms with van der Waals surface area (Å²) in [5.74, 6) is -5.91. The van der Waals surface area contributed by atoms with Crippen LogP contribution in [-0.2, 0) is 24.0 Å². The summed E-state index contributed by atoms with van der Waals surface area (Å²) in [5.41, 5.74) is -0.137. The lowest BCUT2D eigenvalue weighted by Crippen LogP contribution is -2.66. The number of carbonyl (C=O) groups excluding carboxylic acids is 3. The standard InChI is InChI=1S/C23H30F2N4O7S/c1-9-15-14(10(2)27-19(30)18(24)25)21(32)29(15)16(23(35)36)17(9)37-12-7-13(26-8-12)20(31)28-5-3-11(4-6-28)22(33)34/h9-15,18,26H,3-8H2,1-2H3,(H,27,30)(H,33,34)(H,35,36)/t9-,10-,12+,13+,14-,15-/m1/s1. The van der Waals surface area contributed by atoms with Crippen LogP contribution in [0.2, 0.25) is 0 Å². The van der Waals surface area contributed by atoms with Crippen molar-refractivity contribution in [1.82, 2.24) is 20.4 Å². The van der Waals surface area contributed by atoms with Crippen molar-refractivity contribution < 1.29 is 43.0 Å². The number of nitrogens with zero attached hydrogens (tertiary/aromatic N) is 2. The molecule has 37 heavy (non-hydrogen) atoms. The SMILES string of the molecule is C[C@@H](NC(=O)C(F)F)[C@H]1C(=O)N2C(C(=O)O)=C(S[C@@H]3CN[C@H](C(=O)N4CCC(C(=O)O)CC4)C3)[C@H](C)[C@H]12. The Morgan fingerprint density at radius 3 is 2.38 bits per heavy atom. The van der Waals surface area contributed by atoms with E-state index in [0.29, 0.717) is 43.8 Å². The number of hydrogen-bond acceptors (Lipinski definition) is 7. The maximum atomic E-state index is 13.0. The van der Waals surface area contributed by atoms with Crippen molar-refractivity contribution >= 4 is 41.4 Å². The summed E-state index contributed by atoms with van der Waals surface area (Å²) in [6, 6.07) is -1.94. The minimum atomic E-state index is -3.22. The minimum Gasteiger partial charge on any atom is -0.481 e. The molecule has 4 rings (SSSR count). The van der Waals surface area contributed by atoms with Crippen molar-refractivity contribution in [3.8, 4) is 0 Å². The molecule has 4 N–H and O–H groups in total. The number of thioether (sulfide) groups is 1. The van der Waals surface area contributed by atoms with Crippen molar-refractivity contribution in [1.29, 1.82) is 0 Å². The number of amides is 3. The molecule has 0 bridgehead atoms. The third-order valence-electron chi connectivity index (χ3n) is 7.74. The summed E-state index contributed by atoms with van der Waals surface area (Å²) >= 11 is 1.30. The number of hydrogen-bond donors (Lipinski definition) is 4. The molecule has 11 nitrogen and oxygen atoms in total. The van der Waals surface area contributed by atoms with Gasteiger partial charge in [-0.2, -0.15) is 8.78 Å². The van der Waals surface area contributed by atoms with E-state index >= 15 is 0 Å². The monoisotopic (exact) mass is 544 g/mol. The van der Waals surface area contributed by atoms with Crippen molar-refractivity contribution in [3.63, 3.8) is 0 Å². The molecule has 0 unspecified atom stereocenters. The van der Waals surface area contributed by atoms with Crippen LogP contribution in [0.25, 0.3) is 0 Å². The van der Waals surface area contributed by atoms with E-state index in [2.05, 4.69) is 10.6 Å². The molecule has 0 spiro atoms. The molecule has 4 heterocycles. The zero-order chi connectivity index (χ0) is 27.2. The van der Waals surface area contributed by atoms with Gasteiger partial charge in [-0.05, 0) is 26.2 Å². The van der Waals surface area contributed by atoms with Crippen LogP contribution in [0.1, 0.15) is 33.1 Å². The van der Waals surface area contributed by atoms with Crippen LogP contribution >= 0.6 is 11.8 Å². The maximum absolute atomic E-state index is 13.0. The second kappa shape index (κ2) is 10.6. The Labute approximate surface area is 216 Å². The molecule has 14 heteroatoms. The maximum Gasteiger partial charge on any atom is 0.353 e. The molecular formula is C23H30F2N4O7S. The molecule has 3 fully saturated rings. The topological polar surface area (TPSA) is 156 Å². The van der Waals surface area contributed by atoms with E-state index in [0.717, 1.165) is 0 Å². The van der Waals surface area contributed by atoms with Crippen LogP contribution in [0.5, 0.6) is 0 Å². The normalized spacial score (nSPS) is 30.8. The molecule has 4 aliphatic rings. The van der Waals surface area contributed by atoms with Gasteiger partial charge in [0.1, 0.15) is 5.70 Å². The number of carboxylic acid groups (broad SMARTS) is 2. The summed E-state index contributed by atoms with van der Waals surface area (Å²) in [6.45, 7) is 4.41. The van der Waals surface area contributed by atoms with Crippen LogP contribution in [0, 0.1) is 17.8 Å². The van der Waals surface area contributed by atoms with Gasteiger partial charge in [-0.3, -0.25) is 19.2 Å². The van der Waals surface area contributed by atoms with Gasteiger partial charge in [-0.1, -0.05) is 6.92 Å². The number of fused-ring (bicyclic) bond motifs is 1. The van der Waals surface area contributed by atoms with Crippen molar-refractivity contribution in [2.45, 2.75) is 62.9 Å². The Kier molecular flexibility index (Phi) is 7.79. The van der Waals surface area contributed by atoms with E-state index in [4.69, 9.17) is 5.11 Å². The number of rotatable bonds is 8. The van der Waals surface area contributed by atoms with Crippen molar-refractivity contribution in [2.24, 2.45) is 17.8 Å². The largest absolute Gasteiger partial charge is 0.481 e. The van der Waals surface area contributed by atoms with E-state index in [1.54, 1.807) is 11.8 Å². The van der Waals surface area contributed by atoms with Crippen LogP contribution in [0.3, 0.4) is 0 Å². The van der Waals surface area contributed by atoms with E-state index in [1.165, 1.54) is 23.6 Å². The number of carboxylic acids is 2. The van der Waals surface area contributed by atoms with E-state index in [1.807, 2.05) is 0 Å². The van der Waals surface area contributed by atoms with Gasteiger partial charge in [0.05, 0.1) is 23.9 Å². The highest BCUT2D eigenvalue weighted by molar-refractivity contribution is 8.03. The lowest BCUT2D eigenvalue weighted by molar-refractivity contribution is -0.159. The molecule has 0 radical (unpaired) electrons. The van der Waals surface area contributed by atoms with Gasteiger partial charge in [-0.15, -0.1) is 11.8 Å². The molecule has 0 aromatic heterocycles. The first kappa shape index (κ1) is 27.3.